The van der Waals surface area contributed by atoms with Gasteiger partial charge in [-0.1, -0.05) is 84.6 Å². The van der Waals surface area contributed by atoms with Gasteiger partial charge in [-0.2, -0.15) is 10.2 Å². The van der Waals surface area contributed by atoms with Crippen LogP contribution in [0.1, 0.15) is 37.7 Å². The van der Waals surface area contributed by atoms with E-state index in [-0.39, 0.29) is 6.42 Å². The number of fused-ring (bicyclic) bond motifs is 1. The van der Waals surface area contributed by atoms with Crippen molar-refractivity contribution in [2.45, 2.75) is 38.1 Å². The van der Waals surface area contributed by atoms with Crippen molar-refractivity contribution in [1.82, 2.24) is 5.32 Å². The Morgan fingerprint density at radius 3 is 2.34 bits per heavy atom. The Morgan fingerprint density at radius 1 is 1.21 bits per heavy atom. The van der Waals surface area contributed by atoms with Gasteiger partial charge < -0.3 is 15.3 Å². The van der Waals surface area contributed by atoms with Crippen molar-refractivity contribution < 1.29 is 14.7 Å². The third kappa shape index (κ3) is 11.1. The van der Waals surface area contributed by atoms with Crippen molar-refractivity contribution in [3.63, 3.8) is 0 Å². The van der Waals surface area contributed by atoms with Crippen molar-refractivity contribution in [1.29, 1.82) is 0 Å². The number of halogens is 1. The Kier molecular flexibility index (Phi) is 16.4. The quantitative estimate of drug-likeness (QED) is 0.0475. The number of rotatable bonds is 14. The number of anilines is 1. The highest BCUT2D eigenvalue weighted by Crippen LogP contribution is 2.44. The number of thioether (sulfide) groups is 1. The lowest BCUT2D eigenvalue weighted by atomic mass is 9.99. The maximum atomic E-state index is 10.6. The van der Waals surface area contributed by atoms with E-state index in [1.165, 1.54) is 41.5 Å². The van der Waals surface area contributed by atoms with E-state index in [0.717, 1.165) is 23.0 Å². The molecular formula is C29H37BrN4O3S. The first-order chi connectivity index (χ1) is 18.4. The van der Waals surface area contributed by atoms with Crippen LogP contribution in [0.5, 0.6) is 0 Å². The minimum atomic E-state index is -1.08. The third-order valence-electron chi connectivity index (χ3n) is 5.59. The predicted octanol–water partition coefficient (Wildman–Crippen LogP) is 6.76. The molecule has 1 unspecified atom stereocenters. The Hall–Kier alpha value is -3.17. The molecule has 1 amide bonds. The van der Waals surface area contributed by atoms with Crippen LogP contribution in [0.2, 0.25) is 0 Å². The van der Waals surface area contributed by atoms with Crippen LogP contribution in [-0.4, -0.2) is 54.0 Å². The molecule has 1 aliphatic rings. The van der Waals surface area contributed by atoms with Crippen LogP contribution >= 0.6 is 27.7 Å². The van der Waals surface area contributed by atoms with Crippen molar-refractivity contribution in [2.75, 3.05) is 22.0 Å². The summed E-state index contributed by atoms with van der Waals surface area (Å²) in [5.74, 6) is 1.92. The van der Waals surface area contributed by atoms with Gasteiger partial charge in [0.2, 0.25) is 6.41 Å². The van der Waals surface area contributed by atoms with Crippen molar-refractivity contribution >= 4 is 70.0 Å². The van der Waals surface area contributed by atoms with Crippen LogP contribution in [-0.2, 0) is 9.59 Å². The smallest absolute Gasteiger partial charge is 0.326 e. The number of benzene rings is 2. The molecule has 1 aliphatic carbocycles. The maximum absolute atomic E-state index is 10.6. The maximum Gasteiger partial charge on any atom is 0.326 e. The molecule has 1 atom stereocenters. The molecule has 2 aromatic carbocycles. The fourth-order valence-corrected chi connectivity index (χ4v) is 4.92. The van der Waals surface area contributed by atoms with Gasteiger partial charge in [0.05, 0.1) is 11.3 Å². The molecule has 3 rings (SSSR count). The number of allylic oxidation sites excluding steroid dienone is 3. The number of hydrogen-bond donors (Lipinski definition) is 2. The van der Waals surface area contributed by atoms with Crippen LogP contribution in [0.25, 0.3) is 10.8 Å². The number of carboxylic acid groups (broad SMARTS) is 1. The van der Waals surface area contributed by atoms with Gasteiger partial charge in [-0.25, -0.2) is 4.79 Å². The van der Waals surface area contributed by atoms with Gasteiger partial charge in [0, 0.05) is 30.9 Å². The van der Waals surface area contributed by atoms with E-state index >= 15 is 0 Å². The molecule has 7 nitrogen and oxygen atoms in total. The molecule has 0 aromatic heterocycles. The molecule has 0 saturated heterocycles. The van der Waals surface area contributed by atoms with Gasteiger partial charge in [0.1, 0.15) is 6.04 Å². The molecule has 1 fully saturated rings. The first-order valence-electron chi connectivity index (χ1n) is 12.1. The van der Waals surface area contributed by atoms with E-state index in [1.807, 2.05) is 11.8 Å². The molecule has 38 heavy (non-hydrogen) atoms. The number of carboxylic acids is 1. The summed E-state index contributed by atoms with van der Waals surface area (Å²) in [7, 11) is 0. The summed E-state index contributed by atoms with van der Waals surface area (Å²) in [6.45, 7) is 15.2. The zero-order valence-corrected chi connectivity index (χ0v) is 24.3. The lowest BCUT2D eigenvalue weighted by molar-refractivity contribution is -0.140. The van der Waals surface area contributed by atoms with Gasteiger partial charge in [-0.05, 0) is 47.1 Å². The summed E-state index contributed by atoms with van der Waals surface area (Å²) in [6.07, 6.45) is 8.00. The van der Waals surface area contributed by atoms with E-state index in [1.54, 1.807) is 11.6 Å². The summed E-state index contributed by atoms with van der Waals surface area (Å²) in [6, 6.07) is 12.6. The van der Waals surface area contributed by atoms with Crippen LogP contribution in [0.15, 0.2) is 83.6 Å². The van der Waals surface area contributed by atoms with Crippen molar-refractivity contribution in [2.24, 2.45) is 10.2 Å². The molecule has 2 N–H and O–H groups in total. The van der Waals surface area contributed by atoms with Crippen molar-refractivity contribution in [3.8, 4) is 0 Å². The van der Waals surface area contributed by atoms with E-state index in [2.05, 4.69) is 106 Å². The molecule has 2 aromatic rings. The van der Waals surface area contributed by atoms with E-state index < -0.39 is 12.0 Å². The number of alkyl halides is 1. The average Bonchev–Trinajstić information content (AvgIpc) is 3.78. The van der Waals surface area contributed by atoms with Crippen LogP contribution < -0.4 is 10.2 Å². The Bertz CT molecular complexity index is 1110. The minimum Gasteiger partial charge on any atom is -0.480 e. The van der Waals surface area contributed by atoms with Gasteiger partial charge in [0.15, 0.2) is 0 Å². The zero-order chi connectivity index (χ0) is 28.3. The largest absolute Gasteiger partial charge is 0.480 e. The molecule has 1 saturated carbocycles. The van der Waals surface area contributed by atoms with E-state index in [9.17, 15) is 9.59 Å². The molecule has 0 bridgehead atoms. The predicted molar refractivity (Wildman–Crippen MR) is 168 cm³/mol. The first kappa shape index (κ1) is 32.9. The van der Waals surface area contributed by atoms with Gasteiger partial charge in [-0.3, -0.25) is 4.79 Å². The van der Waals surface area contributed by atoms with Crippen LogP contribution in [0.3, 0.4) is 0 Å². The Balaban J connectivity index is 0.000000352. The summed E-state index contributed by atoms with van der Waals surface area (Å²) in [5, 5.41) is 19.8. The summed E-state index contributed by atoms with van der Waals surface area (Å²) in [4.78, 5) is 23.2. The molecule has 9 heteroatoms. The molecule has 0 spiro atoms. The normalized spacial score (nSPS) is 12.9. The number of nitrogens with one attached hydrogen (secondary N) is 1. The zero-order valence-electron chi connectivity index (χ0n) is 21.9. The number of amides is 1. The SMILES string of the molecule is C=C/C=C(\C=C)CC(NC=O)C(=O)O.C=NN=C.CCSCN(CBr)c1ccc(C2CC2)c2ccccc12. The lowest BCUT2D eigenvalue weighted by Gasteiger charge is -2.24. The van der Waals surface area contributed by atoms with Crippen molar-refractivity contribution in [3.05, 3.63) is 78.9 Å². The van der Waals surface area contributed by atoms with Crippen LogP contribution in [0.4, 0.5) is 5.69 Å². The first-order valence-corrected chi connectivity index (χ1v) is 14.4. The third-order valence-corrected chi connectivity index (χ3v) is 7.10. The van der Waals surface area contributed by atoms with E-state index in [0.29, 0.717) is 12.0 Å². The standard InChI is InChI=1S/C17H20BrNS.C10H13NO3.C2H4N2/c1-2-20-12-19(11-18)17-10-9-14(13-7-8-13)15-5-3-4-6-16(15)17;1-3-5-8(4-2)6-9(10(13)14)11-7-12;1-3-4-2/h3-6,9-10,13H,2,7-8,11-12H2,1H3;3-5,7,9H,1-2,6H2,(H,11,12)(H,13,14);1-2H2/b;8-5+;. The molecule has 0 aliphatic heterocycles. The number of nitrogens with zero attached hydrogens (tertiary/aromatic N) is 3. The summed E-state index contributed by atoms with van der Waals surface area (Å²) >= 11 is 5.60. The molecular weight excluding hydrogens is 564 g/mol. The summed E-state index contributed by atoms with van der Waals surface area (Å²) in [5.41, 5.74) is 4.49. The fourth-order valence-electron chi connectivity index (χ4n) is 3.61. The number of aliphatic carboxylic acids is 1. The second-order valence-corrected chi connectivity index (χ2v) is 9.86. The summed E-state index contributed by atoms with van der Waals surface area (Å²) < 4.78 is 0. The number of hydrogen-bond acceptors (Lipinski definition) is 6. The number of carbonyl (C=O) groups is 2. The minimum absolute atomic E-state index is 0.198. The van der Waals surface area contributed by atoms with Crippen LogP contribution in [0, 0.1) is 0 Å². The second kappa shape index (κ2) is 19.0. The topological polar surface area (TPSA) is 94.4 Å². The van der Waals surface area contributed by atoms with Gasteiger partial charge in [-0.15, -0.1) is 11.8 Å². The lowest BCUT2D eigenvalue weighted by Crippen LogP contribution is -2.35. The van der Waals surface area contributed by atoms with E-state index in [4.69, 9.17) is 5.11 Å². The van der Waals surface area contributed by atoms with Gasteiger partial charge in [0.25, 0.3) is 0 Å². The molecule has 0 radical (unpaired) electrons. The highest BCUT2D eigenvalue weighted by atomic mass is 79.9. The average molecular weight is 602 g/mol. The molecule has 204 valence electrons. The molecule has 0 heterocycles. The highest BCUT2D eigenvalue weighted by molar-refractivity contribution is 9.09. The fraction of sp³-hybridized carbons (Fsp3) is 0.310. The Labute approximate surface area is 238 Å². The Morgan fingerprint density at radius 2 is 1.87 bits per heavy atom. The van der Waals surface area contributed by atoms with Gasteiger partial charge >= 0.3 is 5.97 Å². The monoisotopic (exact) mass is 600 g/mol. The second-order valence-electron chi connectivity index (χ2n) is 8.12. The highest BCUT2D eigenvalue weighted by Gasteiger charge is 2.26. The number of carbonyl (C=O) groups excluding carboxylic acids is 1.